The highest BCUT2D eigenvalue weighted by molar-refractivity contribution is 8.03. The first-order valence-corrected chi connectivity index (χ1v) is 13.0. The lowest BCUT2D eigenvalue weighted by Gasteiger charge is -2.24. The second kappa shape index (κ2) is 11.2. The molecule has 1 aliphatic heterocycles. The van der Waals surface area contributed by atoms with Gasteiger partial charge in [0.25, 0.3) is 0 Å². The van der Waals surface area contributed by atoms with Crippen LogP contribution in [0.3, 0.4) is 0 Å². The molecule has 1 amide bonds. The molecule has 2 aromatic carbocycles. The van der Waals surface area contributed by atoms with Gasteiger partial charge in [-0.25, -0.2) is 4.79 Å². The van der Waals surface area contributed by atoms with E-state index in [1.54, 1.807) is 7.11 Å². The van der Waals surface area contributed by atoms with E-state index in [0.717, 1.165) is 37.0 Å². The van der Waals surface area contributed by atoms with Gasteiger partial charge < -0.3 is 14.8 Å². The quantitative estimate of drug-likeness (QED) is 0.361. The van der Waals surface area contributed by atoms with E-state index in [-0.39, 0.29) is 12.1 Å². The number of pyridine rings is 1. The van der Waals surface area contributed by atoms with Crippen LogP contribution >= 0.6 is 11.8 Å². The normalized spacial score (nSPS) is 16.6. The van der Waals surface area contributed by atoms with E-state index in [0.29, 0.717) is 5.25 Å². The van der Waals surface area contributed by atoms with Crippen LogP contribution in [0, 0.1) is 0 Å². The molecule has 35 heavy (non-hydrogen) atoms. The average molecular weight is 491 g/mol. The number of thioether (sulfide) groups is 1. The van der Waals surface area contributed by atoms with Gasteiger partial charge in [0, 0.05) is 29.1 Å². The maximum absolute atomic E-state index is 12.5. The predicted octanol–water partition coefficient (Wildman–Crippen LogP) is 7.22. The number of nitrogens with zero attached hydrogens (tertiary/aromatic N) is 1. The summed E-state index contributed by atoms with van der Waals surface area (Å²) in [6, 6.07) is 16.7. The number of nitrogens with one attached hydrogen (secondary N) is 1. The molecule has 6 heteroatoms. The summed E-state index contributed by atoms with van der Waals surface area (Å²) in [5, 5.41) is 5.93. The SMILES string of the molecule is COc1ccc(C[C@@H](CCC2=CCC(c3ccc4cnccc4c3)S2)NC(=O)OC(C)(C)C)cc1. The van der Waals surface area contributed by atoms with Gasteiger partial charge in [-0.3, -0.25) is 4.98 Å². The van der Waals surface area contributed by atoms with Gasteiger partial charge in [0.2, 0.25) is 0 Å². The van der Waals surface area contributed by atoms with Crippen molar-refractivity contribution in [3.63, 3.8) is 0 Å². The Bertz CT molecular complexity index is 1180. The number of benzene rings is 2. The summed E-state index contributed by atoms with van der Waals surface area (Å²) in [7, 11) is 1.66. The molecular weight excluding hydrogens is 456 g/mol. The molecule has 2 heterocycles. The molecule has 0 spiro atoms. The summed E-state index contributed by atoms with van der Waals surface area (Å²) in [5.41, 5.74) is 1.98. The Morgan fingerprint density at radius 1 is 1.14 bits per heavy atom. The lowest BCUT2D eigenvalue weighted by atomic mass is 10.0. The van der Waals surface area contributed by atoms with E-state index in [2.05, 4.69) is 52.8 Å². The highest BCUT2D eigenvalue weighted by Crippen LogP contribution is 2.46. The highest BCUT2D eigenvalue weighted by Gasteiger charge is 2.23. The van der Waals surface area contributed by atoms with Crippen molar-refractivity contribution in [3.8, 4) is 5.75 Å². The Morgan fingerprint density at radius 2 is 1.94 bits per heavy atom. The van der Waals surface area contributed by atoms with Crippen molar-refractivity contribution < 1.29 is 14.3 Å². The highest BCUT2D eigenvalue weighted by atomic mass is 32.2. The molecular formula is C29H34N2O3S. The minimum atomic E-state index is -0.526. The van der Waals surface area contributed by atoms with Gasteiger partial charge in [-0.2, -0.15) is 0 Å². The second-order valence-electron chi connectivity index (χ2n) is 9.93. The number of hydrogen-bond donors (Lipinski definition) is 1. The second-order valence-corrected chi connectivity index (χ2v) is 11.3. The summed E-state index contributed by atoms with van der Waals surface area (Å²) in [5.74, 6) is 0.828. The topological polar surface area (TPSA) is 60.5 Å². The maximum Gasteiger partial charge on any atom is 0.407 e. The van der Waals surface area contributed by atoms with Gasteiger partial charge in [0.15, 0.2) is 0 Å². The van der Waals surface area contributed by atoms with Gasteiger partial charge in [-0.1, -0.05) is 30.3 Å². The van der Waals surface area contributed by atoms with E-state index in [1.807, 2.05) is 57.1 Å². The van der Waals surface area contributed by atoms with Crippen LogP contribution in [-0.2, 0) is 11.2 Å². The molecule has 184 valence electrons. The number of ether oxygens (including phenoxy) is 2. The molecule has 1 aliphatic rings. The first-order chi connectivity index (χ1) is 16.8. The molecule has 1 N–H and O–H groups in total. The Hall–Kier alpha value is -2.99. The molecule has 4 rings (SSSR count). The minimum absolute atomic E-state index is 0.0213. The number of alkyl carbamates (subject to hydrolysis) is 1. The lowest BCUT2D eigenvalue weighted by molar-refractivity contribution is 0.0502. The van der Waals surface area contributed by atoms with Crippen molar-refractivity contribution in [2.45, 2.75) is 63.3 Å². The van der Waals surface area contributed by atoms with Crippen LogP contribution in [0.5, 0.6) is 5.75 Å². The molecule has 3 aromatic rings. The Kier molecular flexibility index (Phi) is 8.01. The van der Waals surface area contributed by atoms with Crippen molar-refractivity contribution >= 4 is 28.6 Å². The summed E-state index contributed by atoms with van der Waals surface area (Å²) >= 11 is 1.94. The fourth-order valence-electron chi connectivity index (χ4n) is 4.25. The fraction of sp³-hybridized carbons (Fsp3) is 0.379. The van der Waals surface area contributed by atoms with Crippen molar-refractivity contribution in [2.24, 2.45) is 0 Å². The number of hydrogen-bond acceptors (Lipinski definition) is 5. The fourth-order valence-corrected chi connectivity index (χ4v) is 5.52. The number of amides is 1. The first-order valence-electron chi connectivity index (χ1n) is 12.1. The zero-order valence-electron chi connectivity index (χ0n) is 20.9. The van der Waals surface area contributed by atoms with Crippen LogP contribution in [0.25, 0.3) is 10.8 Å². The number of carbonyl (C=O) groups is 1. The third-order valence-electron chi connectivity index (χ3n) is 5.99. The van der Waals surface area contributed by atoms with Crippen LogP contribution in [0.2, 0.25) is 0 Å². The maximum atomic E-state index is 12.5. The summed E-state index contributed by atoms with van der Waals surface area (Å²) in [6.07, 6.45) is 9.28. The zero-order valence-corrected chi connectivity index (χ0v) is 21.7. The Balaban J connectivity index is 1.38. The minimum Gasteiger partial charge on any atom is -0.497 e. The monoisotopic (exact) mass is 490 g/mol. The molecule has 1 aromatic heterocycles. The molecule has 0 saturated carbocycles. The van der Waals surface area contributed by atoms with Crippen LogP contribution in [0.1, 0.15) is 56.4 Å². The third-order valence-corrected chi connectivity index (χ3v) is 7.41. The van der Waals surface area contributed by atoms with Crippen LogP contribution in [0.4, 0.5) is 4.79 Å². The number of rotatable bonds is 8. The number of carbonyl (C=O) groups excluding carboxylic acids is 1. The third kappa shape index (κ3) is 7.25. The lowest BCUT2D eigenvalue weighted by Crippen LogP contribution is -2.40. The van der Waals surface area contributed by atoms with Crippen molar-refractivity contribution in [2.75, 3.05) is 7.11 Å². The van der Waals surface area contributed by atoms with Gasteiger partial charge in [-0.15, -0.1) is 11.8 Å². The average Bonchev–Trinajstić information content (AvgIpc) is 3.30. The van der Waals surface area contributed by atoms with E-state index in [9.17, 15) is 4.79 Å². The molecule has 2 atom stereocenters. The molecule has 0 radical (unpaired) electrons. The largest absolute Gasteiger partial charge is 0.497 e. The van der Waals surface area contributed by atoms with Crippen LogP contribution < -0.4 is 10.1 Å². The summed E-state index contributed by atoms with van der Waals surface area (Å²) in [6.45, 7) is 5.65. The van der Waals surface area contributed by atoms with E-state index in [1.165, 1.54) is 21.2 Å². The number of methoxy groups -OCH3 is 1. The van der Waals surface area contributed by atoms with Crippen LogP contribution in [0.15, 0.2) is 71.9 Å². The Morgan fingerprint density at radius 3 is 2.69 bits per heavy atom. The predicted molar refractivity (Wildman–Crippen MR) is 144 cm³/mol. The number of aromatic nitrogens is 1. The van der Waals surface area contributed by atoms with Gasteiger partial charge >= 0.3 is 6.09 Å². The smallest absolute Gasteiger partial charge is 0.407 e. The van der Waals surface area contributed by atoms with Gasteiger partial charge in [-0.05, 0) is 92.1 Å². The molecule has 0 bridgehead atoms. The van der Waals surface area contributed by atoms with Crippen LogP contribution in [-0.4, -0.2) is 29.8 Å². The first kappa shape index (κ1) is 25.1. The van der Waals surface area contributed by atoms with Gasteiger partial charge in [0.1, 0.15) is 11.4 Å². The molecule has 0 saturated heterocycles. The Labute approximate surface area is 212 Å². The molecule has 5 nitrogen and oxygen atoms in total. The molecule has 1 unspecified atom stereocenters. The summed E-state index contributed by atoms with van der Waals surface area (Å²) in [4.78, 5) is 18.1. The van der Waals surface area contributed by atoms with Crippen molar-refractivity contribution in [1.29, 1.82) is 0 Å². The van der Waals surface area contributed by atoms with E-state index in [4.69, 9.17) is 9.47 Å². The number of allylic oxidation sites excluding steroid dienone is 2. The van der Waals surface area contributed by atoms with Gasteiger partial charge in [0.05, 0.1) is 7.11 Å². The molecule has 0 aliphatic carbocycles. The summed E-state index contributed by atoms with van der Waals surface area (Å²) < 4.78 is 10.8. The standard InChI is InChI=1S/C29H34N2O3S/c1-29(2,3)34-28(32)31-24(17-20-5-10-25(33-4)11-6-20)9-12-26-13-14-27(35-26)22-7-8-23-19-30-16-15-21(23)18-22/h5-8,10-11,13,15-16,18-19,24,27H,9,12,14,17H2,1-4H3,(H,31,32)/t24-,27?/m1/s1. The van der Waals surface area contributed by atoms with Crippen molar-refractivity contribution in [3.05, 3.63) is 83.0 Å². The molecule has 0 fully saturated rings. The zero-order chi connectivity index (χ0) is 24.8. The number of fused-ring (bicyclic) bond motifs is 1. The van der Waals surface area contributed by atoms with Crippen molar-refractivity contribution in [1.82, 2.24) is 10.3 Å². The van der Waals surface area contributed by atoms with E-state index >= 15 is 0 Å². The van der Waals surface area contributed by atoms with E-state index < -0.39 is 5.60 Å².